The zero-order valence-electron chi connectivity index (χ0n) is 15.5. The zero-order valence-corrected chi connectivity index (χ0v) is 15.5. The van der Waals surface area contributed by atoms with E-state index < -0.39 is 0 Å². The van der Waals surface area contributed by atoms with Gasteiger partial charge in [-0.2, -0.15) is 0 Å². The highest BCUT2D eigenvalue weighted by atomic mass is 19.1. The molecule has 1 aliphatic heterocycles. The molecule has 1 saturated heterocycles. The monoisotopic (exact) mass is 364 g/mol. The summed E-state index contributed by atoms with van der Waals surface area (Å²) in [7, 11) is 0. The summed E-state index contributed by atoms with van der Waals surface area (Å²) < 4.78 is 13.5. The summed E-state index contributed by atoms with van der Waals surface area (Å²) in [5, 5.41) is 0.922. The first-order chi connectivity index (χ1) is 13.2. The van der Waals surface area contributed by atoms with E-state index in [0.717, 1.165) is 55.2 Å². The molecular weight excluding hydrogens is 339 g/mol. The van der Waals surface area contributed by atoms with Crippen molar-refractivity contribution in [2.24, 2.45) is 0 Å². The molecule has 0 aliphatic carbocycles. The van der Waals surface area contributed by atoms with Crippen LogP contribution in [-0.2, 0) is 11.2 Å². The molecule has 2 heterocycles. The number of hydrogen-bond acceptors (Lipinski definition) is 1. The van der Waals surface area contributed by atoms with Crippen molar-refractivity contribution in [1.29, 1.82) is 0 Å². The number of likely N-dealkylation sites (tertiary alicyclic amines) is 1. The third kappa shape index (κ3) is 4.05. The Balaban J connectivity index is 1.27. The van der Waals surface area contributed by atoms with Crippen molar-refractivity contribution >= 4 is 16.8 Å². The number of H-pyrrole nitrogens is 1. The maximum atomic E-state index is 13.5. The molecule has 140 valence electrons. The van der Waals surface area contributed by atoms with E-state index >= 15 is 0 Å². The van der Waals surface area contributed by atoms with Crippen LogP contribution in [0, 0.1) is 5.82 Å². The Labute approximate surface area is 159 Å². The number of fused-ring (bicyclic) bond motifs is 1. The average molecular weight is 364 g/mol. The van der Waals surface area contributed by atoms with Crippen LogP contribution in [0.25, 0.3) is 10.9 Å². The summed E-state index contributed by atoms with van der Waals surface area (Å²) in [5.41, 5.74) is 3.41. The summed E-state index contributed by atoms with van der Waals surface area (Å²) in [5.74, 6) is 0.588. The molecular formula is C23H25FN2O. The lowest BCUT2D eigenvalue weighted by atomic mass is 9.89. The highest BCUT2D eigenvalue weighted by Crippen LogP contribution is 2.28. The van der Waals surface area contributed by atoms with Gasteiger partial charge in [-0.1, -0.05) is 30.3 Å². The number of benzene rings is 2. The number of rotatable bonds is 5. The van der Waals surface area contributed by atoms with Crippen LogP contribution in [0.2, 0.25) is 0 Å². The van der Waals surface area contributed by atoms with Crippen molar-refractivity contribution in [2.45, 2.75) is 38.0 Å². The second-order valence-electron chi connectivity index (χ2n) is 7.42. The first kappa shape index (κ1) is 17.8. The molecule has 3 nitrogen and oxygen atoms in total. The standard InChI is InChI=1S/C23H25FN2O/c24-20-9-10-22-21(15-20)19(16-25-22)7-4-8-23(27)26-13-11-18(12-14-26)17-5-2-1-3-6-17/h1-3,5-6,9-10,15-16,18,25H,4,7-8,11-14H2. The summed E-state index contributed by atoms with van der Waals surface area (Å²) >= 11 is 0. The first-order valence-corrected chi connectivity index (χ1v) is 9.79. The van der Waals surface area contributed by atoms with Crippen molar-refractivity contribution in [2.75, 3.05) is 13.1 Å². The van der Waals surface area contributed by atoms with E-state index in [0.29, 0.717) is 12.3 Å². The Bertz CT molecular complexity index is 911. The molecule has 0 spiro atoms. The van der Waals surface area contributed by atoms with Crippen LogP contribution in [0.15, 0.2) is 54.7 Å². The molecule has 1 N–H and O–H groups in total. The summed E-state index contributed by atoms with van der Waals surface area (Å²) in [6, 6.07) is 15.4. The Morgan fingerprint density at radius 1 is 1.11 bits per heavy atom. The molecule has 1 aromatic heterocycles. The fourth-order valence-electron chi connectivity index (χ4n) is 4.13. The maximum Gasteiger partial charge on any atom is 0.222 e. The van der Waals surface area contributed by atoms with Crippen molar-refractivity contribution in [3.8, 4) is 0 Å². The van der Waals surface area contributed by atoms with Gasteiger partial charge in [0.1, 0.15) is 5.82 Å². The van der Waals surface area contributed by atoms with E-state index in [2.05, 4.69) is 29.2 Å². The molecule has 27 heavy (non-hydrogen) atoms. The Kier molecular flexibility index (Phi) is 5.23. The molecule has 1 aliphatic rings. The lowest BCUT2D eigenvalue weighted by Gasteiger charge is -2.32. The number of carbonyl (C=O) groups is 1. The SMILES string of the molecule is O=C(CCCc1c[nH]c2ccc(F)cc12)N1CCC(c2ccccc2)CC1. The van der Waals surface area contributed by atoms with Gasteiger partial charge >= 0.3 is 0 Å². The normalized spacial score (nSPS) is 15.4. The van der Waals surface area contributed by atoms with Gasteiger partial charge in [0.05, 0.1) is 0 Å². The average Bonchev–Trinajstić information content (AvgIpc) is 3.11. The summed E-state index contributed by atoms with van der Waals surface area (Å²) in [6.45, 7) is 1.69. The topological polar surface area (TPSA) is 36.1 Å². The largest absolute Gasteiger partial charge is 0.361 e. The number of hydrogen-bond donors (Lipinski definition) is 1. The maximum absolute atomic E-state index is 13.5. The minimum Gasteiger partial charge on any atom is -0.361 e. The number of aryl methyl sites for hydroxylation is 1. The van der Waals surface area contributed by atoms with Gasteiger partial charge in [0.2, 0.25) is 5.91 Å². The number of nitrogens with one attached hydrogen (secondary N) is 1. The first-order valence-electron chi connectivity index (χ1n) is 9.79. The van der Waals surface area contributed by atoms with Crippen molar-refractivity contribution < 1.29 is 9.18 Å². The number of nitrogens with zero attached hydrogens (tertiary/aromatic N) is 1. The molecule has 0 saturated carbocycles. The number of halogens is 1. The van der Waals surface area contributed by atoms with Crippen molar-refractivity contribution in [1.82, 2.24) is 9.88 Å². The molecule has 0 bridgehead atoms. The van der Waals surface area contributed by atoms with Gasteiger partial charge in [0, 0.05) is 36.6 Å². The second kappa shape index (κ2) is 7.95. The molecule has 4 heteroatoms. The summed E-state index contributed by atoms with van der Waals surface area (Å²) in [6.07, 6.45) is 6.14. The Morgan fingerprint density at radius 2 is 1.89 bits per heavy atom. The minimum absolute atomic E-state index is 0.222. The molecule has 1 fully saturated rings. The van der Waals surface area contributed by atoms with Gasteiger partial charge in [0.25, 0.3) is 0 Å². The molecule has 2 aromatic carbocycles. The van der Waals surface area contributed by atoms with E-state index in [1.165, 1.54) is 11.6 Å². The van der Waals surface area contributed by atoms with Gasteiger partial charge in [-0.25, -0.2) is 4.39 Å². The molecule has 0 radical (unpaired) electrons. The second-order valence-corrected chi connectivity index (χ2v) is 7.42. The number of carbonyl (C=O) groups excluding carboxylic acids is 1. The molecule has 0 unspecified atom stereocenters. The van der Waals surface area contributed by atoms with Crippen LogP contribution in [0.5, 0.6) is 0 Å². The van der Waals surface area contributed by atoms with Crippen LogP contribution in [0.3, 0.4) is 0 Å². The van der Waals surface area contributed by atoms with E-state index in [-0.39, 0.29) is 11.7 Å². The fourth-order valence-corrected chi connectivity index (χ4v) is 4.13. The highest BCUT2D eigenvalue weighted by molar-refractivity contribution is 5.83. The van der Waals surface area contributed by atoms with Gasteiger partial charge in [-0.15, -0.1) is 0 Å². The highest BCUT2D eigenvalue weighted by Gasteiger charge is 2.23. The van der Waals surface area contributed by atoms with Crippen LogP contribution >= 0.6 is 0 Å². The van der Waals surface area contributed by atoms with Gasteiger partial charge < -0.3 is 9.88 Å². The van der Waals surface area contributed by atoms with Crippen LogP contribution in [0.1, 0.15) is 42.7 Å². The molecule has 0 atom stereocenters. The van der Waals surface area contributed by atoms with Crippen LogP contribution < -0.4 is 0 Å². The predicted molar refractivity (Wildman–Crippen MR) is 106 cm³/mol. The smallest absolute Gasteiger partial charge is 0.222 e. The molecule has 3 aromatic rings. The number of amides is 1. The van der Waals surface area contributed by atoms with Crippen LogP contribution in [-0.4, -0.2) is 28.9 Å². The number of aromatic nitrogens is 1. The summed E-state index contributed by atoms with van der Waals surface area (Å²) in [4.78, 5) is 17.7. The van der Waals surface area contributed by atoms with Gasteiger partial charge in [-0.05, 0) is 60.9 Å². The van der Waals surface area contributed by atoms with E-state index in [9.17, 15) is 9.18 Å². The van der Waals surface area contributed by atoms with E-state index in [1.54, 1.807) is 12.1 Å². The van der Waals surface area contributed by atoms with E-state index in [4.69, 9.17) is 0 Å². The fraction of sp³-hybridized carbons (Fsp3) is 0.348. The third-order valence-electron chi connectivity index (χ3n) is 5.68. The van der Waals surface area contributed by atoms with E-state index in [1.807, 2.05) is 17.2 Å². The predicted octanol–water partition coefficient (Wildman–Crippen LogP) is 5.04. The number of piperidine rings is 1. The molecule has 1 amide bonds. The zero-order chi connectivity index (χ0) is 18.6. The number of aromatic amines is 1. The van der Waals surface area contributed by atoms with Gasteiger partial charge in [0.15, 0.2) is 0 Å². The van der Waals surface area contributed by atoms with Gasteiger partial charge in [-0.3, -0.25) is 4.79 Å². The van der Waals surface area contributed by atoms with Crippen LogP contribution in [0.4, 0.5) is 4.39 Å². The van der Waals surface area contributed by atoms with Crippen molar-refractivity contribution in [3.05, 3.63) is 71.7 Å². The lowest BCUT2D eigenvalue weighted by Crippen LogP contribution is -2.37. The van der Waals surface area contributed by atoms with Crippen molar-refractivity contribution in [3.63, 3.8) is 0 Å². The Hall–Kier alpha value is -2.62. The minimum atomic E-state index is -0.222. The Morgan fingerprint density at radius 3 is 2.67 bits per heavy atom. The quantitative estimate of drug-likeness (QED) is 0.677. The molecule has 4 rings (SSSR count). The third-order valence-corrected chi connectivity index (χ3v) is 5.68. The lowest BCUT2D eigenvalue weighted by molar-refractivity contribution is -0.132.